The highest BCUT2D eigenvalue weighted by molar-refractivity contribution is 7.99. The molecule has 2 nitrogen and oxygen atoms in total. The minimum atomic E-state index is 0.596. The molecule has 1 unspecified atom stereocenters. The summed E-state index contributed by atoms with van der Waals surface area (Å²) in [5.41, 5.74) is 1.38. The van der Waals surface area contributed by atoms with Crippen molar-refractivity contribution in [1.29, 1.82) is 0 Å². The van der Waals surface area contributed by atoms with Crippen LogP contribution in [0.25, 0.3) is 0 Å². The first-order valence-electron chi connectivity index (χ1n) is 6.74. The maximum atomic E-state index is 5.44. The Bertz CT molecular complexity index is 363. The van der Waals surface area contributed by atoms with Gasteiger partial charge in [0.05, 0.1) is 0 Å². The summed E-state index contributed by atoms with van der Waals surface area (Å²) in [7, 11) is 2.08. The molecule has 1 fully saturated rings. The van der Waals surface area contributed by atoms with E-state index >= 15 is 0 Å². The van der Waals surface area contributed by atoms with Crippen molar-refractivity contribution in [1.82, 2.24) is 5.32 Å². The quantitative estimate of drug-likeness (QED) is 0.827. The van der Waals surface area contributed by atoms with Crippen molar-refractivity contribution < 1.29 is 4.74 Å². The molecule has 1 atom stereocenters. The van der Waals surface area contributed by atoms with E-state index in [1.807, 2.05) is 11.8 Å². The predicted octanol–water partition coefficient (Wildman–Crippen LogP) is 3.10. The molecule has 1 aliphatic rings. The number of aryl methyl sites for hydroxylation is 1. The van der Waals surface area contributed by atoms with Gasteiger partial charge in [-0.15, -0.1) is 11.8 Å². The van der Waals surface area contributed by atoms with Crippen LogP contribution < -0.4 is 5.32 Å². The van der Waals surface area contributed by atoms with Gasteiger partial charge in [-0.25, -0.2) is 0 Å². The van der Waals surface area contributed by atoms with Gasteiger partial charge in [0, 0.05) is 29.9 Å². The second-order valence-corrected chi connectivity index (χ2v) is 5.98. The number of ether oxygens (including phenoxy) is 1. The van der Waals surface area contributed by atoms with Crippen LogP contribution in [0.4, 0.5) is 0 Å². The van der Waals surface area contributed by atoms with Crippen LogP contribution in [-0.4, -0.2) is 32.1 Å². The van der Waals surface area contributed by atoms with Crippen LogP contribution >= 0.6 is 11.8 Å². The molecule has 2 rings (SSSR count). The van der Waals surface area contributed by atoms with Crippen LogP contribution in [0, 0.1) is 12.8 Å². The summed E-state index contributed by atoms with van der Waals surface area (Å²) in [6.45, 7) is 4.04. The monoisotopic (exact) mass is 265 g/mol. The number of rotatable bonds is 5. The molecule has 1 aromatic carbocycles. The van der Waals surface area contributed by atoms with Crippen molar-refractivity contribution in [2.75, 3.05) is 26.0 Å². The fourth-order valence-corrected chi connectivity index (χ4v) is 3.74. The fourth-order valence-electron chi connectivity index (χ4n) is 2.47. The Hall–Kier alpha value is -0.510. The molecular weight excluding hydrogens is 242 g/mol. The van der Waals surface area contributed by atoms with Crippen molar-refractivity contribution in [3.63, 3.8) is 0 Å². The summed E-state index contributed by atoms with van der Waals surface area (Å²) in [5, 5.41) is 3.49. The Balaban J connectivity index is 1.88. The lowest BCUT2D eigenvalue weighted by Gasteiger charge is -2.30. The standard InChI is InChI=1S/C15H23NOS/c1-12-5-3-4-6-15(12)18-11-14(16-2)13-7-9-17-10-8-13/h3-6,13-14,16H,7-11H2,1-2H3. The van der Waals surface area contributed by atoms with E-state index in [4.69, 9.17) is 4.74 Å². The largest absolute Gasteiger partial charge is 0.381 e. The molecule has 0 bridgehead atoms. The van der Waals surface area contributed by atoms with Gasteiger partial charge in [-0.05, 0) is 44.4 Å². The number of hydrogen-bond acceptors (Lipinski definition) is 3. The third-order valence-electron chi connectivity index (χ3n) is 3.72. The van der Waals surface area contributed by atoms with E-state index in [9.17, 15) is 0 Å². The van der Waals surface area contributed by atoms with Gasteiger partial charge in [0.1, 0.15) is 0 Å². The van der Waals surface area contributed by atoms with Crippen LogP contribution in [0.15, 0.2) is 29.2 Å². The number of thioether (sulfide) groups is 1. The van der Waals surface area contributed by atoms with Crippen LogP contribution in [0.5, 0.6) is 0 Å². The molecule has 0 spiro atoms. The lowest BCUT2D eigenvalue weighted by molar-refractivity contribution is 0.0575. The van der Waals surface area contributed by atoms with E-state index < -0.39 is 0 Å². The lowest BCUT2D eigenvalue weighted by Crippen LogP contribution is -2.38. The van der Waals surface area contributed by atoms with Crippen LogP contribution in [0.3, 0.4) is 0 Å². The Morgan fingerprint density at radius 2 is 2.06 bits per heavy atom. The van der Waals surface area contributed by atoms with Crippen LogP contribution in [0.1, 0.15) is 18.4 Å². The maximum absolute atomic E-state index is 5.44. The molecule has 3 heteroatoms. The first-order chi connectivity index (χ1) is 8.81. The molecule has 0 saturated carbocycles. The summed E-state index contributed by atoms with van der Waals surface area (Å²) >= 11 is 1.97. The molecule has 100 valence electrons. The number of benzene rings is 1. The van der Waals surface area contributed by atoms with Gasteiger partial charge in [0.2, 0.25) is 0 Å². The Morgan fingerprint density at radius 3 is 2.72 bits per heavy atom. The lowest BCUT2D eigenvalue weighted by atomic mass is 9.93. The van der Waals surface area contributed by atoms with Crippen molar-refractivity contribution >= 4 is 11.8 Å². The Kier molecular flexibility index (Phi) is 5.54. The molecule has 1 N–H and O–H groups in total. The maximum Gasteiger partial charge on any atom is 0.0469 e. The van der Waals surface area contributed by atoms with Crippen LogP contribution in [-0.2, 0) is 4.74 Å². The van der Waals surface area contributed by atoms with Crippen molar-refractivity contribution in [2.45, 2.75) is 30.7 Å². The highest BCUT2D eigenvalue weighted by atomic mass is 32.2. The van der Waals surface area contributed by atoms with Gasteiger partial charge in [-0.3, -0.25) is 0 Å². The third-order valence-corrected chi connectivity index (χ3v) is 5.01. The van der Waals surface area contributed by atoms with E-state index in [-0.39, 0.29) is 0 Å². The topological polar surface area (TPSA) is 21.3 Å². The van der Waals surface area contributed by atoms with Gasteiger partial charge >= 0.3 is 0 Å². The molecule has 1 saturated heterocycles. The molecule has 0 aliphatic carbocycles. The predicted molar refractivity (Wildman–Crippen MR) is 78.3 cm³/mol. The Morgan fingerprint density at radius 1 is 1.33 bits per heavy atom. The minimum absolute atomic E-state index is 0.596. The van der Waals surface area contributed by atoms with E-state index in [0.717, 1.165) is 24.9 Å². The average molecular weight is 265 g/mol. The summed E-state index contributed by atoms with van der Waals surface area (Å²) in [4.78, 5) is 1.41. The highest BCUT2D eigenvalue weighted by Crippen LogP contribution is 2.27. The second-order valence-electron chi connectivity index (χ2n) is 4.92. The zero-order valence-corrected chi connectivity index (χ0v) is 12.1. The van der Waals surface area contributed by atoms with E-state index in [0.29, 0.717) is 6.04 Å². The summed E-state index contributed by atoms with van der Waals surface area (Å²) < 4.78 is 5.44. The van der Waals surface area contributed by atoms with Crippen molar-refractivity contribution in [2.24, 2.45) is 5.92 Å². The van der Waals surface area contributed by atoms with Gasteiger partial charge in [0.15, 0.2) is 0 Å². The SMILES string of the molecule is CNC(CSc1ccccc1C)C1CCOCC1. The van der Waals surface area contributed by atoms with E-state index in [1.54, 1.807) is 0 Å². The zero-order valence-electron chi connectivity index (χ0n) is 11.3. The van der Waals surface area contributed by atoms with Crippen LogP contribution in [0.2, 0.25) is 0 Å². The normalized spacial score (nSPS) is 18.8. The average Bonchev–Trinajstić information content (AvgIpc) is 2.42. The summed E-state index contributed by atoms with van der Waals surface area (Å²) in [5.74, 6) is 1.91. The molecule has 0 aromatic heterocycles. The van der Waals surface area contributed by atoms with Crippen molar-refractivity contribution in [3.05, 3.63) is 29.8 Å². The molecule has 1 aromatic rings. The smallest absolute Gasteiger partial charge is 0.0469 e. The first-order valence-corrected chi connectivity index (χ1v) is 7.73. The summed E-state index contributed by atoms with van der Waals surface area (Å²) in [6, 6.07) is 9.23. The Labute approximate surface area is 114 Å². The van der Waals surface area contributed by atoms with Crippen molar-refractivity contribution in [3.8, 4) is 0 Å². The van der Waals surface area contributed by atoms with Gasteiger partial charge in [0.25, 0.3) is 0 Å². The van der Waals surface area contributed by atoms with Gasteiger partial charge < -0.3 is 10.1 Å². The molecular formula is C15H23NOS. The molecule has 0 radical (unpaired) electrons. The molecule has 0 amide bonds. The molecule has 1 heterocycles. The van der Waals surface area contributed by atoms with Gasteiger partial charge in [-0.1, -0.05) is 18.2 Å². The zero-order chi connectivity index (χ0) is 12.8. The summed E-state index contributed by atoms with van der Waals surface area (Å²) in [6.07, 6.45) is 2.39. The fraction of sp³-hybridized carbons (Fsp3) is 0.600. The third kappa shape index (κ3) is 3.74. The highest BCUT2D eigenvalue weighted by Gasteiger charge is 2.22. The number of nitrogens with one attached hydrogen (secondary N) is 1. The molecule has 1 aliphatic heterocycles. The minimum Gasteiger partial charge on any atom is -0.381 e. The van der Waals surface area contributed by atoms with E-state index in [2.05, 4.69) is 43.6 Å². The number of hydrogen-bond donors (Lipinski definition) is 1. The van der Waals surface area contributed by atoms with E-state index in [1.165, 1.54) is 23.3 Å². The van der Waals surface area contributed by atoms with Gasteiger partial charge in [-0.2, -0.15) is 0 Å². The second kappa shape index (κ2) is 7.17. The first kappa shape index (κ1) is 13.9. The molecule has 18 heavy (non-hydrogen) atoms.